The second kappa shape index (κ2) is 7.20. The number of hydrogen-bond donors (Lipinski definition) is 0. The van der Waals surface area contributed by atoms with E-state index in [0.717, 1.165) is 25.9 Å². The molecule has 1 aromatic heterocycles. The number of nitrogens with zero attached hydrogens (tertiary/aromatic N) is 1. The molecule has 0 spiro atoms. The molecule has 1 saturated carbocycles. The molecule has 0 bridgehead atoms. The lowest BCUT2D eigenvalue weighted by atomic mass is 9.84. The molecule has 1 aliphatic rings. The zero-order chi connectivity index (χ0) is 13.0. The van der Waals surface area contributed by atoms with E-state index in [1.54, 1.807) is 0 Å². The highest BCUT2D eigenvalue weighted by Gasteiger charge is 2.17. The molecule has 4 heteroatoms. The fourth-order valence-electron chi connectivity index (χ4n) is 2.45. The van der Waals surface area contributed by atoms with Crippen molar-refractivity contribution < 1.29 is 0 Å². The molecule has 98 valence electrons. The first-order chi connectivity index (χ1) is 8.70. The van der Waals surface area contributed by atoms with E-state index in [9.17, 15) is 0 Å². The molecule has 18 heavy (non-hydrogen) atoms. The Balaban J connectivity index is 2.22. The number of hydrogen-bond acceptors (Lipinski definition) is 1. The van der Waals surface area contributed by atoms with Gasteiger partial charge in [0.2, 0.25) is 0 Å². The van der Waals surface area contributed by atoms with Crippen LogP contribution in [0.3, 0.4) is 0 Å². The van der Waals surface area contributed by atoms with Crippen LogP contribution in [0.2, 0.25) is 0 Å². The largest absolute Gasteiger partial charge is 0.255 e. The molecule has 1 nitrogen and oxygen atoms in total. The van der Waals surface area contributed by atoms with Crippen LogP contribution in [0, 0.1) is 5.92 Å². The van der Waals surface area contributed by atoms with Crippen LogP contribution >= 0.6 is 47.8 Å². The molecule has 0 amide bonds. The molecule has 0 aromatic carbocycles. The summed E-state index contributed by atoms with van der Waals surface area (Å²) in [6, 6.07) is 2.05. The molecule has 1 aliphatic carbocycles. The average molecular weight is 438 g/mol. The molecule has 0 atom stereocenters. The van der Waals surface area contributed by atoms with Gasteiger partial charge in [0.15, 0.2) is 0 Å². The molecular formula is C14H16Br3N. The molecule has 1 heterocycles. The second-order valence-corrected chi connectivity index (χ2v) is 7.04. The summed E-state index contributed by atoms with van der Waals surface area (Å²) in [6.07, 6.45) is 10.9. The highest BCUT2D eigenvalue weighted by atomic mass is 79.9. The Morgan fingerprint density at radius 3 is 2.61 bits per heavy atom. The summed E-state index contributed by atoms with van der Waals surface area (Å²) in [5.74, 6) is 0.732. The zero-order valence-corrected chi connectivity index (χ0v) is 14.9. The van der Waals surface area contributed by atoms with Crippen LogP contribution in [0.15, 0.2) is 26.8 Å². The number of alkyl halides is 1. The Morgan fingerprint density at radius 1 is 1.28 bits per heavy atom. The van der Waals surface area contributed by atoms with Gasteiger partial charge in [0, 0.05) is 20.5 Å². The van der Waals surface area contributed by atoms with Crippen LogP contribution in [0.25, 0.3) is 6.08 Å². The van der Waals surface area contributed by atoms with Crippen molar-refractivity contribution in [2.75, 3.05) is 5.33 Å². The minimum atomic E-state index is 0.732. The quantitative estimate of drug-likeness (QED) is 0.531. The predicted octanol–water partition coefficient (Wildman–Crippen LogP) is 5.97. The summed E-state index contributed by atoms with van der Waals surface area (Å²) in [7, 11) is 0. The first kappa shape index (κ1) is 14.7. The predicted molar refractivity (Wildman–Crippen MR) is 88.0 cm³/mol. The lowest BCUT2D eigenvalue weighted by molar-refractivity contribution is 0.405. The van der Waals surface area contributed by atoms with Gasteiger partial charge in [0.1, 0.15) is 0 Å². The summed E-state index contributed by atoms with van der Waals surface area (Å²) in [6.45, 7) is 0. The monoisotopic (exact) mass is 435 g/mol. The highest BCUT2D eigenvalue weighted by molar-refractivity contribution is 9.11. The Morgan fingerprint density at radius 2 is 2.00 bits per heavy atom. The van der Waals surface area contributed by atoms with Gasteiger partial charge in [-0.05, 0) is 62.8 Å². The Kier molecular flexibility index (Phi) is 5.90. The molecular weight excluding hydrogens is 422 g/mol. The van der Waals surface area contributed by atoms with Crippen molar-refractivity contribution in [3.63, 3.8) is 0 Å². The van der Waals surface area contributed by atoms with Crippen molar-refractivity contribution in [3.05, 3.63) is 32.5 Å². The van der Waals surface area contributed by atoms with Gasteiger partial charge in [-0.3, -0.25) is 4.98 Å². The van der Waals surface area contributed by atoms with Gasteiger partial charge in [0.05, 0.1) is 5.69 Å². The van der Waals surface area contributed by atoms with Crippen molar-refractivity contribution in [2.45, 2.75) is 32.1 Å². The van der Waals surface area contributed by atoms with Gasteiger partial charge >= 0.3 is 0 Å². The topological polar surface area (TPSA) is 12.9 Å². The van der Waals surface area contributed by atoms with E-state index in [4.69, 9.17) is 0 Å². The summed E-state index contributed by atoms with van der Waals surface area (Å²) in [5, 5.41) is 0.946. The zero-order valence-electron chi connectivity index (χ0n) is 10.1. The maximum Gasteiger partial charge on any atom is 0.0772 e. The smallest absolute Gasteiger partial charge is 0.0772 e. The van der Waals surface area contributed by atoms with Crippen LogP contribution in [0.4, 0.5) is 0 Å². The van der Waals surface area contributed by atoms with Gasteiger partial charge in [-0.15, -0.1) is 0 Å². The van der Waals surface area contributed by atoms with Crippen LogP contribution in [0.5, 0.6) is 0 Å². The Bertz CT molecular complexity index is 437. The van der Waals surface area contributed by atoms with Crippen LogP contribution < -0.4 is 0 Å². The molecule has 2 rings (SSSR count). The molecule has 0 N–H and O–H groups in total. The third kappa shape index (κ3) is 3.91. The molecule has 0 radical (unpaired) electrons. The Labute approximate surface area is 134 Å². The van der Waals surface area contributed by atoms with Crippen molar-refractivity contribution in [1.29, 1.82) is 0 Å². The SMILES string of the molecule is BrCC(=Cc1ncc(Br)cc1Br)C1CCCCC1. The minimum absolute atomic E-state index is 0.732. The van der Waals surface area contributed by atoms with E-state index >= 15 is 0 Å². The molecule has 0 saturated heterocycles. The first-order valence-corrected chi connectivity index (χ1v) is 8.99. The maximum atomic E-state index is 4.47. The van der Waals surface area contributed by atoms with Crippen molar-refractivity contribution in [3.8, 4) is 0 Å². The van der Waals surface area contributed by atoms with Crippen LogP contribution in [0.1, 0.15) is 37.8 Å². The number of aromatic nitrogens is 1. The van der Waals surface area contributed by atoms with E-state index in [1.807, 2.05) is 12.3 Å². The molecule has 1 fully saturated rings. The van der Waals surface area contributed by atoms with Crippen molar-refractivity contribution in [2.24, 2.45) is 5.92 Å². The number of rotatable bonds is 3. The fraction of sp³-hybridized carbons (Fsp3) is 0.500. The summed E-state index contributed by atoms with van der Waals surface area (Å²) < 4.78 is 2.05. The van der Waals surface area contributed by atoms with E-state index in [0.29, 0.717) is 0 Å². The fourth-order valence-corrected chi connectivity index (χ4v) is 4.17. The normalized spacial score (nSPS) is 18.1. The van der Waals surface area contributed by atoms with Gasteiger partial charge in [0.25, 0.3) is 0 Å². The maximum absolute atomic E-state index is 4.47. The van der Waals surface area contributed by atoms with Gasteiger partial charge in [-0.2, -0.15) is 0 Å². The van der Waals surface area contributed by atoms with E-state index in [1.165, 1.54) is 37.7 Å². The standard InChI is InChI=1S/C14H16Br3N/c15-8-11(10-4-2-1-3-5-10)6-14-13(17)7-12(16)9-18-14/h6-7,9-10H,1-5,8H2. The number of pyridine rings is 1. The van der Waals surface area contributed by atoms with Crippen molar-refractivity contribution in [1.82, 2.24) is 4.98 Å². The molecule has 0 unspecified atom stereocenters. The van der Waals surface area contributed by atoms with Crippen molar-refractivity contribution >= 4 is 53.9 Å². The summed E-state index contributed by atoms with van der Waals surface area (Å²) in [4.78, 5) is 4.47. The summed E-state index contributed by atoms with van der Waals surface area (Å²) in [5.41, 5.74) is 2.50. The minimum Gasteiger partial charge on any atom is -0.255 e. The number of allylic oxidation sites excluding steroid dienone is 1. The van der Waals surface area contributed by atoms with E-state index in [2.05, 4.69) is 58.8 Å². The lowest BCUT2D eigenvalue weighted by Crippen LogP contribution is -2.10. The van der Waals surface area contributed by atoms with Gasteiger partial charge in [-0.25, -0.2) is 0 Å². The van der Waals surface area contributed by atoms with E-state index in [-0.39, 0.29) is 0 Å². The van der Waals surface area contributed by atoms with Gasteiger partial charge in [-0.1, -0.05) is 40.8 Å². The summed E-state index contributed by atoms with van der Waals surface area (Å²) >= 11 is 10.6. The van der Waals surface area contributed by atoms with Crippen LogP contribution in [-0.4, -0.2) is 10.3 Å². The lowest BCUT2D eigenvalue weighted by Gasteiger charge is -2.23. The average Bonchev–Trinajstić information content (AvgIpc) is 2.39. The molecule has 0 aliphatic heterocycles. The Hall–Kier alpha value is 0.330. The number of halogens is 3. The second-order valence-electron chi connectivity index (χ2n) is 4.71. The third-order valence-electron chi connectivity index (χ3n) is 3.44. The van der Waals surface area contributed by atoms with E-state index < -0.39 is 0 Å². The molecule has 1 aromatic rings. The first-order valence-electron chi connectivity index (χ1n) is 6.28. The highest BCUT2D eigenvalue weighted by Crippen LogP contribution is 2.32. The third-order valence-corrected chi connectivity index (χ3v) is 5.16. The van der Waals surface area contributed by atoms with Crippen LogP contribution in [-0.2, 0) is 0 Å². The van der Waals surface area contributed by atoms with Gasteiger partial charge < -0.3 is 0 Å².